The number of nitrogens with one attached hydrogen (secondary N) is 2. The molecule has 130 valence electrons. The summed E-state index contributed by atoms with van der Waals surface area (Å²) in [5, 5.41) is 6.62. The number of amides is 1. The van der Waals surface area contributed by atoms with Crippen molar-refractivity contribution in [1.82, 2.24) is 15.0 Å². The molecule has 0 saturated heterocycles. The van der Waals surface area contributed by atoms with E-state index in [0.29, 0.717) is 17.3 Å². The van der Waals surface area contributed by atoms with Crippen molar-refractivity contribution in [2.75, 3.05) is 11.1 Å². The van der Waals surface area contributed by atoms with Gasteiger partial charge in [0.25, 0.3) is 5.91 Å². The zero-order chi connectivity index (χ0) is 18.4. The molecule has 0 atom stereocenters. The zero-order valence-electron chi connectivity index (χ0n) is 14.2. The predicted octanol–water partition coefficient (Wildman–Crippen LogP) is 4.10. The number of hydrogen-bond donors (Lipinski definition) is 3. The summed E-state index contributed by atoms with van der Waals surface area (Å²) in [4.78, 5) is 24.4. The minimum absolute atomic E-state index is 0.251. The number of aromatic nitrogens is 3. The lowest BCUT2D eigenvalue weighted by atomic mass is 10.1. The molecule has 0 aliphatic rings. The van der Waals surface area contributed by atoms with Crippen LogP contribution in [-0.4, -0.2) is 20.9 Å². The molecule has 0 spiro atoms. The Morgan fingerprint density at radius 1 is 1.00 bits per heavy atom. The normalized spacial score (nSPS) is 11.3. The number of nitrogens with zero attached hydrogens (tertiary/aromatic N) is 2. The molecule has 0 unspecified atom stereocenters. The topological polar surface area (TPSA) is 96.7 Å². The van der Waals surface area contributed by atoms with Gasteiger partial charge in [0.2, 0.25) is 5.95 Å². The minimum Gasteiger partial charge on any atom is -0.383 e. The molecular weight excluding hydrogens is 338 g/mol. The second-order valence-electron chi connectivity index (χ2n) is 6.35. The van der Waals surface area contributed by atoms with Crippen molar-refractivity contribution in [3.8, 4) is 0 Å². The van der Waals surface area contributed by atoms with Crippen molar-refractivity contribution in [3.05, 3.63) is 72.4 Å². The van der Waals surface area contributed by atoms with E-state index in [-0.39, 0.29) is 5.91 Å². The lowest BCUT2D eigenvalue weighted by molar-refractivity contribution is 0.102. The van der Waals surface area contributed by atoms with Crippen molar-refractivity contribution in [3.63, 3.8) is 0 Å². The third-order valence-corrected chi connectivity index (χ3v) is 4.66. The Morgan fingerprint density at radius 2 is 1.85 bits per heavy atom. The first-order chi connectivity index (χ1) is 13.2. The fourth-order valence-corrected chi connectivity index (χ4v) is 3.36. The lowest BCUT2D eigenvalue weighted by Gasteiger charge is -2.10. The van der Waals surface area contributed by atoms with Gasteiger partial charge >= 0.3 is 0 Å². The molecule has 2 heterocycles. The molecule has 0 saturated carbocycles. The fourth-order valence-electron chi connectivity index (χ4n) is 3.36. The maximum Gasteiger partial charge on any atom is 0.257 e. The second-order valence-corrected chi connectivity index (χ2v) is 6.35. The standard InChI is InChI=1S/C21H15N5O/c22-19-18-15-9-10-23-16(15)7-8-17(18)24-21(25-19)26-20(27)14-6-5-12-3-1-2-4-13(12)11-14/h1-11H,22H2,(H2,24,25,26,27). The number of carbonyl (C=O) groups is 1. The van der Waals surface area contributed by atoms with Crippen molar-refractivity contribution in [1.29, 1.82) is 0 Å². The van der Waals surface area contributed by atoms with E-state index in [4.69, 9.17) is 5.73 Å². The third kappa shape index (κ3) is 2.55. The number of nitrogens with two attached hydrogens (primary N) is 1. The minimum atomic E-state index is -0.251. The zero-order valence-corrected chi connectivity index (χ0v) is 14.2. The summed E-state index contributed by atoms with van der Waals surface area (Å²) >= 11 is 0. The Balaban J connectivity index is 1.53. The summed E-state index contributed by atoms with van der Waals surface area (Å²) in [5.74, 6) is 0.396. The van der Waals surface area contributed by atoms with Crippen molar-refractivity contribution < 1.29 is 4.79 Å². The molecule has 27 heavy (non-hydrogen) atoms. The van der Waals surface area contributed by atoms with Gasteiger partial charge in [0.1, 0.15) is 5.82 Å². The number of anilines is 2. The fraction of sp³-hybridized carbons (Fsp3) is 0. The number of rotatable bonds is 2. The second kappa shape index (κ2) is 5.81. The van der Waals surface area contributed by atoms with Crippen molar-refractivity contribution in [2.24, 2.45) is 0 Å². The molecule has 0 fully saturated rings. The predicted molar refractivity (Wildman–Crippen MR) is 108 cm³/mol. The molecule has 2 aromatic heterocycles. The van der Waals surface area contributed by atoms with Crippen molar-refractivity contribution >= 4 is 50.3 Å². The summed E-state index contributed by atoms with van der Waals surface area (Å²) in [5.41, 5.74) is 8.36. The van der Waals surface area contributed by atoms with Crippen LogP contribution in [0.3, 0.4) is 0 Å². The maximum absolute atomic E-state index is 12.7. The van der Waals surface area contributed by atoms with Crippen LogP contribution in [0.15, 0.2) is 66.9 Å². The van der Waals surface area contributed by atoms with Gasteiger partial charge in [-0.1, -0.05) is 30.3 Å². The van der Waals surface area contributed by atoms with Gasteiger partial charge in [-0.15, -0.1) is 0 Å². The molecule has 1 amide bonds. The van der Waals surface area contributed by atoms with E-state index in [2.05, 4.69) is 20.3 Å². The van der Waals surface area contributed by atoms with E-state index >= 15 is 0 Å². The highest BCUT2D eigenvalue weighted by Gasteiger charge is 2.12. The molecule has 5 aromatic rings. The van der Waals surface area contributed by atoms with E-state index in [1.807, 2.05) is 54.6 Å². The highest BCUT2D eigenvalue weighted by atomic mass is 16.1. The highest BCUT2D eigenvalue weighted by Crippen LogP contribution is 2.28. The van der Waals surface area contributed by atoms with Gasteiger partial charge in [-0.3, -0.25) is 15.1 Å². The van der Waals surface area contributed by atoms with Crippen LogP contribution < -0.4 is 11.1 Å². The molecule has 0 aliphatic carbocycles. The number of H-pyrrole nitrogens is 1. The van der Waals surface area contributed by atoms with Crippen LogP contribution in [0.5, 0.6) is 0 Å². The molecule has 6 heteroatoms. The average Bonchev–Trinajstić information content (AvgIpc) is 3.16. The molecule has 0 aliphatic heterocycles. The van der Waals surface area contributed by atoms with Gasteiger partial charge in [-0.05, 0) is 41.1 Å². The molecule has 4 N–H and O–H groups in total. The number of aromatic amines is 1. The van der Waals surface area contributed by atoms with E-state index in [9.17, 15) is 4.79 Å². The van der Waals surface area contributed by atoms with Crippen LogP contribution in [-0.2, 0) is 0 Å². The van der Waals surface area contributed by atoms with Crippen LogP contribution in [0.4, 0.5) is 11.8 Å². The van der Waals surface area contributed by atoms with E-state index in [1.165, 1.54) is 0 Å². The highest BCUT2D eigenvalue weighted by molar-refractivity contribution is 6.11. The van der Waals surface area contributed by atoms with Crippen LogP contribution in [0.2, 0.25) is 0 Å². The quantitative estimate of drug-likeness (QED) is 0.445. The van der Waals surface area contributed by atoms with Gasteiger partial charge < -0.3 is 10.7 Å². The Kier molecular flexibility index (Phi) is 3.30. The first-order valence-electron chi connectivity index (χ1n) is 8.52. The van der Waals surface area contributed by atoms with Gasteiger partial charge in [0.15, 0.2) is 0 Å². The smallest absolute Gasteiger partial charge is 0.257 e. The molecule has 3 aromatic carbocycles. The number of nitrogen functional groups attached to an aromatic ring is 1. The van der Waals surface area contributed by atoms with Gasteiger partial charge in [-0.25, -0.2) is 0 Å². The number of fused-ring (bicyclic) bond motifs is 4. The molecule has 6 nitrogen and oxygen atoms in total. The summed E-state index contributed by atoms with van der Waals surface area (Å²) in [6.07, 6.45) is 1.74. The Bertz CT molecular complexity index is 1340. The Hall–Kier alpha value is -3.93. The molecular formula is C21H15N5O. The summed E-state index contributed by atoms with van der Waals surface area (Å²) < 4.78 is 0. The monoisotopic (exact) mass is 353 g/mol. The van der Waals surface area contributed by atoms with E-state index in [0.717, 1.165) is 32.6 Å². The summed E-state index contributed by atoms with van der Waals surface area (Å²) in [6.45, 7) is 0. The lowest BCUT2D eigenvalue weighted by Crippen LogP contribution is -2.15. The third-order valence-electron chi connectivity index (χ3n) is 4.66. The molecule has 0 radical (unpaired) electrons. The average molecular weight is 353 g/mol. The molecule has 0 bridgehead atoms. The number of benzene rings is 3. The van der Waals surface area contributed by atoms with Gasteiger partial charge in [0.05, 0.1) is 11.0 Å². The van der Waals surface area contributed by atoms with Crippen LogP contribution >= 0.6 is 0 Å². The summed E-state index contributed by atoms with van der Waals surface area (Å²) in [6, 6.07) is 19.2. The van der Waals surface area contributed by atoms with Gasteiger partial charge in [-0.2, -0.15) is 4.98 Å². The number of hydrogen-bond acceptors (Lipinski definition) is 4. The molecule has 5 rings (SSSR count). The van der Waals surface area contributed by atoms with Crippen LogP contribution in [0, 0.1) is 0 Å². The number of carbonyl (C=O) groups excluding carboxylic acids is 1. The Morgan fingerprint density at radius 3 is 2.74 bits per heavy atom. The first kappa shape index (κ1) is 15.3. The van der Waals surface area contributed by atoms with Gasteiger partial charge in [0, 0.05) is 22.5 Å². The summed E-state index contributed by atoms with van der Waals surface area (Å²) in [7, 11) is 0. The van der Waals surface area contributed by atoms with E-state index < -0.39 is 0 Å². The van der Waals surface area contributed by atoms with Crippen LogP contribution in [0.1, 0.15) is 10.4 Å². The van der Waals surface area contributed by atoms with Crippen molar-refractivity contribution in [2.45, 2.75) is 0 Å². The first-order valence-corrected chi connectivity index (χ1v) is 8.52. The SMILES string of the molecule is Nc1nc(NC(=O)c2ccc3ccccc3c2)[nH]c2ccc3nccc3c12. The van der Waals surface area contributed by atoms with E-state index in [1.54, 1.807) is 12.3 Å². The van der Waals surface area contributed by atoms with Crippen LogP contribution in [0.25, 0.3) is 32.6 Å². The largest absolute Gasteiger partial charge is 0.383 e. The Labute approximate surface area is 154 Å². The maximum atomic E-state index is 12.7.